The molecule has 2 N–H and O–H groups in total. The number of aromatic nitrogens is 4. The second-order valence-electron chi connectivity index (χ2n) is 4.15. The van der Waals surface area contributed by atoms with Crippen LogP contribution in [0.15, 0.2) is 55.0 Å². The molecule has 0 amide bonds. The zero-order valence-corrected chi connectivity index (χ0v) is 11.7. The van der Waals surface area contributed by atoms with Crippen LogP contribution in [0, 0.1) is 0 Å². The highest BCUT2D eigenvalue weighted by molar-refractivity contribution is 7.80. The maximum Gasteiger partial charge on any atom is 0.341 e. The van der Waals surface area contributed by atoms with Crippen molar-refractivity contribution < 1.29 is 4.74 Å². The van der Waals surface area contributed by atoms with Crippen molar-refractivity contribution in [1.82, 2.24) is 19.7 Å². The average Bonchev–Trinajstić information content (AvgIpc) is 2.97. The monoisotopic (exact) mass is 297 g/mol. The highest BCUT2D eigenvalue weighted by atomic mass is 32.1. The van der Waals surface area contributed by atoms with Crippen LogP contribution in [-0.4, -0.2) is 24.7 Å². The first kappa shape index (κ1) is 13.2. The Morgan fingerprint density at radius 1 is 1.10 bits per heavy atom. The summed E-state index contributed by atoms with van der Waals surface area (Å²) in [6, 6.07) is 13.3. The minimum atomic E-state index is 0.240. The number of ether oxygens (including phenoxy) is 1. The number of benzene rings is 1. The number of thiocarbonyl (C=S) groups is 1. The van der Waals surface area contributed by atoms with Gasteiger partial charge in [-0.3, -0.25) is 0 Å². The van der Waals surface area contributed by atoms with Gasteiger partial charge in [0.05, 0.1) is 17.6 Å². The Hall–Kier alpha value is -2.80. The number of hydrogen-bond donors (Lipinski definition) is 1. The number of rotatable bonds is 4. The van der Waals surface area contributed by atoms with E-state index >= 15 is 0 Å². The fourth-order valence-corrected chi connectivity index (χ4v) is 1.81. The summed E-state index contributed by atoms with van der Waals surface area (Å²) >= 11 is 4.84. The fourth-order valence-electron chi connectivity index (χ4n) is 1.69. The van der Waals surface area contributed by atoms with Crippen LogP contribution < -0.4 is 10.5 Å². The van der Waals surface area contributed by atoms with Gasteiger partial charge in [-0.15, -0.1) is 5.10 Å². The molecular formula is C14H11N5OS. The van der Waals surface area contributed by atoms with Crippen LogP contribution in [0.25, 0.3) is 5.69 Å². The molecule has 0 aliphatic carbocycles. The van der Waals surface area contributed by atoms with Gasteiger partial charge in [0.15, 0.2) is 0 Å². The third kappa shape index (κ3) is 3.03. The Bertz CT molecular complexity index is 755. The van der Waals surface area contributed by atoms with Gasteiger partial charge in [-0.05, 0) is 24.3 Å². The SMILES string of the molecule is NC(=S)c1ccc(Oc2ncn(-c3ccccc3)n2)cn1. The van der Waals surface area contributed by atoms with Crippen molar-refractivity contribution in [3.05, 3.63) is 60.7 Å². The van der Waals surface area contributed by atoms with E-state index in [1.807, 2.05) is 30.3 Å². The molecule has 104 valence electrons. The summed E-state index contributed by atoms with van der Waals surface area (Å²) in [4.78, 5) is 8.43. The molecule has 0 aliphatic heterocycles. The second kappa shape index (κ2) is 5.68. The first-order chi connectivity index (χ1) is 10.2. The van der Waals surface area contributed by atoms with Crippen LogP contribution in [0.1, 0.15) is 5.69 Å². The summed E-state index contributed by atoms with van der Waals surface area (Å²) in [6.45, 7) is 0. The number of para-hydroxylation sites is 1. The molecule has 0 spiro atoms. The molecule has 2 aromatic heterocycles. The molecule has 3 rings (SSSR count). The lowest BCUT2D eigenvalue weighted by Gasteiger charge is -2.02. The Morgan fingerprint density at radius 2 is 1.90 bits per heavy atom. The maximum absolute atomic E-state index is 5.53. The lowest BCUT2D eigenvalue weighted by Crippen LogP contribution is -2.10. The van der Waals surface area contributed by atoms with E-state index in [4.69, 9.17) is 22.7 Å². The van der Waals surface area contributed by atoms with E-state index in [1.165, 1.54) is 6.20 Å². The van der Waals surface area contributed by atoms with Gasteiger partial charge in [0, 0.05) is 0 Å². The van der Waals surface area contributed by atoms with Gasteiger partial charge >= 0.3 is 6.01 Å². The van der Waals surface area contributed by atoms with Crippen molar-refractivity contribution in [2.24, 2.45) is 5.73 Å². The molecule has 0 unspecified atom stereocenters. The van der Waals surface area contributed by atoms with E-state index in [0.29, 0.717) is 11.4 Å². The van der Waals surface area contributed by atoms with E-state index in [0.717, 1.165) is 5.69 Å². The van der Waals surface area contributed by atoms with E-state index in [-0.39, 0.29) is 11.0 Å². The molecule has 0 atom stereocenters. The van der Waals surface area contributed by atoms with Crippen molar-refractivity contribution in [2.75, 3.05) is 0 Å². The molecular weight excluding hydrogens is 286 g/mol. The van der Waals surface area contributed by atoms with Gasteiger partial charge in [0.1, 0.15) is 17.1 Å². The molecule has 1 aromatic carbocycles. The van der Waals surface area contributed by atoms with Crippen LogP contribution >= 0.6 is 12.2 Å². The van der Waals surface area contributed by atoms with Crippen molar-refractivity contribution in [1.29, 1.82) is 0 Å². The first-order valence-electron chi connectivity index (χ1n) is 6.13. The second-order valence-corrected chi connectivity index (χ2v) is 4.59. The zero-order valence-electron chi connectivity index (χ0n) is 10.9. The van der Waals surface area contributed by atoms with Crippen LogP contribution in [0.3, 0.4) is 0 Å². The number of nitrogens with two attached hydrogens (primary N) is 1. The number of nitrogens with zero attached hydrogens (tertiary/aromatic N) is 4. The van der Waals surface area contributed by atoms with E-state index < -0.39 is 0 Å². The number of pyridine rings is 1. The molecule has 0 bridgehead atoms. The van der Waals surface area contributed by atoms with Crippen molar-refractivity contribution in [2.45, 2.75) is 0 Å². The largest absolute Gasteiger partial charge is 0.422 e. The van der Waals surface area contributed by atoms with Crippen LogP contribution in [0.5, 0.6) is 11.8 Å². The third-order valence-electron chi connectivity index (χ3n) is 2.69. The summed E-state index contributed by atoms with van der Waals surface area (Å²) in [5.74, 6) is 0.515. The summed E-state index contributed by atoms with van der Waals surface area (Å²) in [6.07, 6.45) is 3.11. The van der Waals surface area contributed by atoms with Gasteiger partial charge in [0.2, 0.25) is 0 Å². The molecule has 0 fully saturated rings. The Labute approximate surface area is 126 Å². The quantitative estimate of drug-likeness (QED) is 0.743. The highest BCUT2D eigenvalue weighted by Crippen LogP contribution is 2.17. The van der Waals surface area contributed by atoms with Gasteiger partial charge in [-0.1, -0.05) is 30.4 Å². The van der Waals surface area contributed by atoms with Gasteiger partial charge in [0.25, 0.3) is 0 Å². The van der Waals surface area contributed by atoms with E-state index in [2.05, 4.69) is 15.1 Å². The summed E-state index contributed by atoms with van der Waals surface area (Å²) < 4.78 is 7.16. The van der Waals surface area contributed by atoms with Crippen LogP contribution in [0.2, 0.25) is 0 Å². The lowest BCUT2D eigenvalue weighted by atomic mass is 10.3. The topological polar surface area (TPSA) is 78.9 Å². The summed E-state index contributed by atoms with van der Waals surface area (Å²) in [5, 5.41) is 4.24. The molecule has 0 saturated carbocycles. The molecule has 0 radical (unpaired) electrons. The maximum atomic E-state index is 5.53. The standard InChI is InChI=1S/C14H11N5OS/c15-13(21)12-7-6-11(8-16-12)20-14-17-9-19(18-14)10-4-2-1-3-5-10/h1-9H,(H2,15,21). The molecule has 21 heavy (non-hydrogen) atoms. The Balaban J connectivity index is 1.77. The smallest absolute Gasteiger partial charge is 0.341 e. The number of hydrogen-bond acceptors (Lipinski definition) is 5. The predicted octanol–water partition coefficient (Wildman–Crippen LogP) is 2.09. The summed E-state index contributed by atoms with van der Waals surface area (Å²) in [7, 11) is 0. The molecule has 7 heteroatoms. The van der Waals surface area contributed by atoms with Crippen molar-refractivity contribution in [3.8, 4) is 17.4 Å². The molecule has 2 heterocycles. The molecule has 0 aliphatic rings. The third-order valence-corrected chi connectivity index (χ3v) is 2.90. The van der Waals surface area contributed by atoms with Gasteiger partial charge in [-0.2, -0.15) is 4.98 Å². The minimum Gasteiger partial charge on any atom is -0.422 e. The molecule has 6 nitrogen and oxygen atoms in total. The summed E-state index contributed by atoms with van der Waals surface area (Å²) in [5.41, 5.74) is 6.93. The molecule has 3 aromatic rings. The van der Waals surface area contributed by atoms with E-state index in [9.17, 15) is 0 Å². The van der Waals surface area contributed by atoms with Crippen LogP contribution in [-0.2, 0) is 0 Å². The Kier molecular flexibility index (Phi) is 3.57. The Morgan fingerprint density at radius 3 is 2.57 bits per heavy atom. The van der Waals surface area contributed by atoms with E-state index in [1.54, 1.807) is 23.1 Å². The van der Waals surface area contributed by atoms with Crippen molar-refractivity contribution >= 4 is 17.2 Å². The van der Waals surface area contributed by atoms with Crippen molar-refractivity contribution in [3.63, 3.8) is 0 Å². The first-order valence-corrected chi connectivity index (χ1v) is 6.54. The zero-order chi connectivity index (χ0) is 14.7. The van der Waals surface area contributed by atoms with Gasteiger partial charge < -0.3 is 10.5 Å². The molecule has 0 saturated heterocycles. The van der Waals surface area contributed by atoms with Crippen LogP contribution in [0.4, 0.5) is 0 Å². The predicted molar refractivity (Wildman–Crippen MR) is 81.6 cm³/mol. The van der Waals surface area contributed by atoms with Gasteiger partial charge in [-0.25, -0.2) is 9.67 Å². The minimum absolute atomic E-state index is 0.240. The highest BCUT2D eigenvalue weighted by Gasteiger charge is 2.06. The lowest BCUT2D eigenvalue weighted by molar-refractivity contribution is 0.439. The average molecular weight is 297 g/mol. The normalized spacial score (nSPS) is 10.3. The fraction of sp³-hybridized carbons (Fsp3) is 0.